The third-order valence-electron chi connectivity index (χ3n) is 6.82. The maximum Gasteiger partial charge on any atom is 0.416 e. The molecule has 1 aliphatic rings. The molecule has 2 amide bonds. The largest absolute Gasteiger partial charge is 0.416 e. The predicted octanol–water partition coefficient (Wildman–Crippen LogP) is 5.38. The second-order valence-electron chi connectivity index (χ2n) is 9.96. The summed E-state index contributed by atoms with van der Waals surface area (Å²) in [5, 5.41) is 13.7. The van der Waals surface area contributed by atoms with E-state index in [-0.39, 0.29) is 51.7 Å². The van der Waals surface area contributed by atoms with Gasteiger partial charge in [0.1, 0.15) is 0 Å². The fourth-order valence-corrected chi connectivity index (χ4v) is 7.06. The fourth-order valence-electron chi connectivity index (χ4n) is 4.45. The molecule has 4 aromatic rings. The van der Waals surface area contributed by atoms with Crippen molar-refractivity contribution in [3.8, 4) is 5.69 Å². The smallest absolute Gasteiger partial charge is 0.379 e. The minimum absolute atomic E-state index is 0.0548. The molecule has 11 nitrogen and oxygen atoms in total. The van der Waals surface area contributed by atoms with Crippen LogP contribution in [0.2, 0.25) is 5.02 Å². The Hall–Kier alpha value is -3.48. The van der Waals surface area contributed by atoms with E-state index < -0.39 is 33.6 Å². The van der Waals surface area contributed by atoms with E-state index in [0.29, 0.717) is 24.7 Å². The van der Waals surface area contributed by atoms with Gasteiger partial charge in [0.2, 0.25) is 15.9 Å². The van der Waals surface area contributed by atoms with Gasteiger partial charge in [0.05, 0.1) is 46.7 Å². The van der Waals surface area contributed by atoms with E-state index in [2.05, 4.69) is 36.8 Å². The molecule has 1 aromatic heterocycles. The molecule has 1 fully saturated rings. The quantitative estimate of drug-likeness (QED) is 0.205. The Morgan fingerprint density at radius 1 is 1.00 bits per heavy atom. The van der Waals surface area contributed by atoms with Gasteiger partial charge >= 0.3 is 6.18 Å². The van der Waals surface area contributed by atoms with Crippen LogP contribution < -0.4 is 10.6 Å². The van der Waals surface area contributed by atoms with Crippen LogP contribution in [0.1, 0.15) is 21.7 Å². The maximum atomic E-state index is 13.1. The Labute approximate surface area is 285 Å². The number of carbonyl (C=O) groups excluding carboxylic acids is 2. The number of rotatable bonds is 10. The van der Waals surface area contributed by atoms with Crippen LogP contribution in [0, 0.1) is 0 Å². The average molecular weight is 774 g/mol. The highest BCUT2D eigenvalue weighted by Gasteiger charge is 2.31. The van der Waals surface area contributed by atoms with Gasteiger partial charge in [0.25, 0.3) is 5.91 Å². The van der Waals surface area contributed by atoms with Crippen molar-refractivity contribution in [3.63, 3.8) is 0 Å². The highest BCUT2D eigenvalue weighted by molar-refractivity contribution is 9.10. The van der Waals surface area contributed by atoms with Gasteiger partial charge in [-0.3, -0.25) is 14.2 Å². The van der Waals surface area contributed by atoms with Gasteiger partial charge in [-0.1, -0.05) is 39.3 Å². The van der Waals surface area contributed by atoms with Crippen LogP contribution in [0.4, 0.5) is 18.9 Å². The molecule has 0 atom stereocenters. The van der Waals surface area contributed by atoms with Gasteiger partial charge in [-0.2, -0.15) is 17.5 Å². The number of morpholine rings is 1. The number of nitrogens with zero attached hydrogens (tertiary/aromatic N) is 4. The first-order valence-corrected chi connectivity index (χ1v) is 17.4. The molecule has 0 spiro atoms. The summed E-state index contributed by atoms with van der Waals surface area (Å²) in [6.45, 7) is 1.04. The zero-order valence-corrected chi connectivity index (χ0v) is 28.1. The van der Waals surface area contributed by atoms with Gasteiger partial charge in [-0.15, -0.1) is 10.2 Å². The van der Waals surface area contributed by atoms with Crippen molar-refractivity contribution < 1.29 is 35.9 Å². The van der Waals surface area contributed by atoms with Gasteiger partial charge in [-0.25, -0.2) is 8.42 Å². The number of halogens is 5. The molecule has 5 rings (SSSR count). The predicted molar refractivity (Wildman–Crippen MR) is 172 cm³/mol. The van der Waals surface area contributed by atoms with Gasteiger partial charge in [-0.05, 0) is 66.7 Å². The Bertz CT molecular complexity index is 1870. The number of thioether (sulfide) groups is 1. The van der Waals surface area contributed by atoms with E-state index in [1.807, 2.05) is 0 Å². The molecule has 248 valence electrons. The summed E-state index contributed by atoms with van der Waals surface area (Å²) in [5.74, 6) is -1.04. The highest BCUT2D eigenvalue weighted by Crippen LogP contribution is 2.34. The van der Waals surface area contributed by atoms with Gasteiger partial charge < -0.3 is 15.4 Å². The number of hydrogen-bond donors (Lipinski definition) is 2. The number of hydrogen-bond acceptors (Lipinski definition) is 8. The minimum atomic E-state index is -4.61. The number of carbonyl (C=O) groups is 2. The van der Waals surface area contributed by atoms with Crippen molar-refractivity contribution in [2.45, 2.75) is 22.8 Å². The number of aromatic nitrogens is 3. The second kappa shape index (κ2) is 14.7. The fraction of sp³-hybridized carbons (Fsp3) is 0.241. The van der Waals surface area contributed by atoms with Crippen molar-refractivity contribution in [2.24, 2.45) is 0 Å². The van der Waals surface area contributed by atoms with Crippen LogP contribution in [0.15, 0.2) is 81.3 Å². The number of nitrogens with one attached hydrogen (secondary N) is 2. The first kappa shape index (κ1) is 34.8. The van der Waals surface area contributed by atoms with Crippen LogP contribution in [-0.2, 0) is 32.3 Å². The SMILES string of the molecule is O=C(CSc1nnc(CNC(=O)c2ccc(S(=O)(=O)N3CCOCC3)cc2)n1-c1ccc(Br)cc1)Nc1cc(C(F)(F)F)ccc1Cl. The molecule has 47 heavy (non-hydrogen) atoms. The third kappa shape index (κ3) is 8.52. The van der Waals surface area contributed by atoms with Crippen molar-refractivity contribution in [3.05, 3.63) is 93.2 Å². The molecule has 18 heteroatoms. The van der Waals surface area contributed by atoms with E-state index in [1.54, 1.807) is 28.8 Å². The van der Waals surface area contributed by atoms with Crippen LogP contribution >= 0.6 is 39.3 Å². The van der Waals surface area contributed by atoms with E-state index in [1.165, 1.54) is 28.6 Å². The number of amides is 2. The lowest BCUT2D eigenvalue weighted by atomic mass is 10.2. The molecule has 2 N–H and O–H groups in total. The molecule has 0 bridgehead atoms. The lowest BCUT2D eigenvalue weighted by Gasteiger charge is -2.26. The number of anilines is 1. The topological polar surface area (TPSA) is 136 Å². The summed E-state index contributed by atoms with van der Waals surface area (Å²) in [6, 6.07) is 15.3. The van der Waals surface area contributed by atoms with Crippen molar-refractivity contribution >= 4 is 66.8 Å². The number of sulfonamides is 1. The zero-order chi connectivity index (χ0) is 33.8. The molecule has 0 aliphatic carbocycles. The Morgan fingerprint density at radius 2 is 1.68 bits per heavy atom. The molecule has 0 saturated carbocycles. The Kier molecular flexibility index (Phi) is 10.9. The Morgan fingerprint density at radius 3 is 2.34 bits per heavy atom. The van der Waals surface area contributed by atoms with Crippen molar-refractivity contribution in [1.82, 2.24) is 24.4 Å². The monoisotopic (exact) mass is 772 g/mol. The normalized spacial score (nSPS) is 14.1. The molecular formula is C29H25BrClF3N6O5S2. The number of alkyl halides is 3. The van der Waals surface area contributed by atoms with Crippen LogP contribution in [0.3, 0.4) is 0 Å². The molecule has 2 heterocycles. The number of benzene rings is 3. The molecule has 0 unspecified atom stereocenters. The van der Waals surface area contributed by atoms with E-state index in [9.17, 15) is 31.2 Å². The van der Waals surface area contributed by atoms with Gasteiger partial charge in [0, 0.05) is 28.8 Å². The lowest BCUT2D eigenvalue weighted by molar-refractivity contribution is -0.137. The highest BCUT2D eigenvalue weighted by atomic mass is 79.9. The number of ether oxygens (including phenoxy) is 1. The van der Waals surface area contributed by atoms with Crippen LogP contribution in [0.5, 0.6) is 0 Å². The first-order valence-electron chi connectivity index (χ1n) is 13.8. The minimum Gasteiger partial charge on any atom is -0.379 e. The van der Waals surface area contributed by atoms with Crippen LogP contribution in [0.25, 0.3) is 5.69 Å². The summed E-state index contributed by atoms with van der Waals surface area (Å²) < 4.78 is 74.2. The molecule has 1 aliphatic heterocycles. The average Bonchev–Trinajstić information content (AvgIpc) is 3.46. The van der Waals surface area contributed by atoms with E-state index >= 15 is 0 Å². The maximum absolute atomic E-state index is 13.1. The summed E-state index contributed by atoms with van der Waals surface area (Å²) in [7, 11) is -3.72. The summed E-state index contributed by atoms with van der Waals surface area (Å²) in [6.07, 6.45) is -4.61. The molecule has 0 radical (unpaired) electrons. The third-order valence-corrected chi connectivity index (χ3v) is 10.5. The van der Waals surface area contributed by atoms with Gasteiger partial charge in [0.15, 0.2) is 11.0 Å². The summed E-state index contributed by atoms with van der Waals surface area (Å²) in [5.41, 5.74) is -0.304. The zero-order valence-electron chi connectivity index (χ0n) is 24.1. The van der Waals surface area contributed by atoms with Crippen LogP contribution in [-0.4, -0.2) is 71.4 Å². The Balaban J connectivity index is 1.28. The van der Waals surface area contributed by atoms with Crippen molar-refractivity contribution in [2.75, 3.05) is 37.4 Å². The molecule has 1 saturated heterocycles. The standard InChI is InChI=1S/C29H25BrClF3N6O5S2/c30-20-4-6-21(7-5-20)40-25(16-35-27(42)18-1-8-22(9-2-18)47(43,44)39-11-13-45-14-12-39)37-38-28(40)46-17-26(41)36-24-15-19(29(32,33)34)3-10-23(24)31/h1-10,15H,11-14,16-17H2,(H,35,42)(H,36,41). The van der Waals surface area contributed by atoms with E-state index in [4.69, 9.17) is 16.3 Å². The second-order valence-corrected chi connectivity index (χ2v) is 14.2. The van der Waals surface area contributed by atoms with E-state index in [0.717, 1.165) is 34.4 Å². The lowest BCUT2D eigenvalue weighted by Crippen LogP contribution is -2.40. The first-order chi connectivity index (χ1) is 22.3. The molecular weight excluding hydrogens is 749 g/mol. The van der Waals surface area contributed by atoms with Crippen molar-refractivity contribution in [1.29, 1.82) is 0 Å². The summed E-state index contributed by atoms with van der Waals surface area (Å²) >= 11 is 10.4. The molecule has 3 aromatic carbocycles. The summed E-state index contributed by atoms with van der Waals surface area (Å²) in [4.78, 5) is 25.8.